The molecule has 144 valence electrons. The van der Waals surface area contributed by atoms with E-state index < -0.39 is 36.2 Å². The number of aromatic nitrogens is 4. The van der Waals surface area contributed by atoms with Crippen LogP contribution in [0.1, 0.15) is 5.56 Å². The van der Waals surface area contributed by atoms with E-state index in [-0.39, 0.29) is 18.1 Å². The van der Waals surface area contributed by atoms with E-state index in [4.69, 9.17) is 5.11 Å². The lowest BCUT2D eigenvalue weighted by Crippen LogP contribution is -2.42. The average Bonchev–Trinajstić information content (AvgIpc) is 2.62. The van der Waals surface area contributed by atoms with E-state index in [0.717, 1.165) is 9.13 Å². The highest BCUT2D eigenvalue weighted by Crippen LogP contribution is 2.25. The molecule has 2 heterocycles. The minimum atomic E-state index is -1.64. The third kappa shape index (κ3) is 3.73. The quantitative estimate of drug-likeness (QED) is 0.216. The summed E-state index contributed by atoms with van der Waals surface area (Å²) in [6.45, 7) is 0.847. The van der Waals surface area contributed by atoms with Crippen molar-refractivity contribution in [2.24, 2.45) is 0 Å². The third-order valence-corrected chi connectivity index (χ3v) is 5.40. The largest absolute Gasteiger partial charge is 0.394 e. The number of aliphatic hydroxyl groups is 4. The average molecular weight is 488 g/mol. The Balaban J connectivity index is 2.28. The summed E-state index contributed by atoms with van der Waals surface area (Å²) in [6.07, 6.45) is -4.69. The molecule has 11 heteroatoms. The van der Waals surface area contributed by atoms with Gasteiger partial charge in [-0.15, -0.1) is 0 Å². The molecule has 0 spiro atoms. The van der Waals surface area contributed by atoms with E-state index >= 15 is 0 Å². The van der Waals surface area contributed by atoms with Crippen LogP contribution in [0.3, 0.4) is 0 Å². The number of nitrogens with one attached hydrogen (secondary N) is 1. The molecule has 0 radical (unpaired) electrons. The minimum Gasteiger partial charge on any atom is -0.394 e. The molecule has 27 heavy (non-hydrogen) atoms. The van der Waals surface area contributed by atoms with Crippen molar-refractivity contribution in [1.82, 2.24) is 19.5 Å². The molecule has 0 aromatic heterocycles. The van der Waals surface area contributed by atoms with Gasteiger partial charge in [0.05, 0.1) is 24.2 Å². The molecular weight excluding hydrogens is 471 g/mol. The predicted octanol–water partition coefficient (Wildman–Crippen LogP) is -1.43. The van der Waals surface area contributed by atoms with Gasteiger partial charge in [0.1, 0.15) is 18.3 Å². The first-order chi connectivity index (χ1) is 12.7. The lowest BCUT2D eigenvalue weighted by Gasteiger charge is -2.25. The van der Waals surface area contributed by atoms with E-state index in [1.807, 2.05) is 6.92 Å². The van der Waals surface area contributed by atoms with Crippen LogP contribution in [0, 0.1) is 10.5 Å². The van der Waals surface area contributed by atoms with Gasteiger partial charge in [-0.05, 0) is 47.2 Å². The molecule has 0 aliphatic carbocycles. The predicted molar refractivity (Wildman–Crippen MR) is 104 cm³/mol. The summed E-state index contributed by atoms with van der Waals surface area (Å²) in [4.78, 5) is 34.0. The van der Waals surface area contributed by atoms with Gasteiger partial charge in [0.15, 0.2) is 11.5 Å². The molecule has 2 aliphatic rings. The number of hydrogen-bond donors (Lipinski definition) is 5. The van der Waals surface area contributed by atoms with Crippen molar-refractivity contribution >= 4 is 33.6 Å². The number of rotatable bonds is 5. The molecule has 10 nitrogen and oxygen atoms in total. The Kier molecular flexibility index (Phi) is 5.58. The third-order valence-electron chi connectivity index (χ3n) is 4.23. The summed E-state index contributed by atoms with van der Waals surface area (Å²) in [5.74, 6) is -0.0550. The molecule has 1 aromatic rings. The molecule has 1 aromatic carbocycles. The maximum Gasteiger partial charge on any atom is 0.349 e. The number of fused-ring (bicyclic) bond motifs is 2. The zero-order chi connectivity index (χ0) is 19.9. The van der Waals surface area contributed by atoms with Gasteiger partial charge in [-0.3, -0.25) is 9.78 Å². The van der Waals surface area contributed by atoms with Crippen LogP contribution in [0.4, 0.5) is 0 Å². The highest BCUT2D eigenvalue weighted by Gasteiger charge is 2.27. The molecular formula is C16H17IN4O6. The highest BCUT2D eigenvalue weighted by molar-refractivity contribution is 14.1. The van der Waals surface area contributed by atoms with Crippen LogP contribution in [0.5, 0.6) is 0 Å². The van der Waals surface area contributed by atoms with Crippen molar-refractivity contribution in [2.45, 2.75) is 31.8 Å². The minimum absolute atomic E-state index is 0.0550. The highest BCUT2D eigenvalue weighted by atomic mass is 127. The van der Waals surface area contributed by atoms with Crippen LogP contribution >= 0.6 is 22.6 Å². The lowest BCUT2D eigenvalue weighted by molar-refractivity contribution is -0.0802. The van der Waals surface area contributed by atoms with Crippen molar-refractivity contribution < 1.29 is 20.4 Å². The van der Waals surface area contributed by atoms with Crippen LogP contribution < -0.4 is 11.2 Å². The number of hydrogen-bond acceptors (Lipinski definition) is 8. The Morgan fingerprint density at radius 2 is 1.89 bits per heavy atom. The molecule has 3 atom stereocenters. The number of aromatic amines is 1. The van der Waals surface area contributed by atoms with Gasteiger partial charge in [0.2, 0.25) is 0 Å². The Morgan fingerprint density at radius 3 is 2.56 bits per heavy atom. The van der Waals surface area contributed by atoms with Gasteiger partial charge in [-0.2, -0.15) is 4.98 Å². The number of halogens is 1. The summed E-state index contributed by atoms with van der Waals surface area (Å²) >= 11 is 2.11. The van der Waals surface area contributed by atoms with Crippen LogP contribution in [-0.2, 0) is 6.54 Å². The molecule has 0 saturated heterocycles. The van der Waals surface area contributed by atoms with Crippen molar-refractivity contribution in [3.8, 4) is 11.5 Å². The first kappa shape index (κ1) is 19.8. The molecule has 0 bridgehead atoms. The van der Waals surface area contributed by atoms with Crippen LogP contribution in [0.15, 0.2) is 21.7 Å². The number of benzene rings is 1. The Morgan fingerprint density at radius 1 is 1.19 bits per heavy atom. The molecule has 0 saturated carbocycles. The van der Waals surface area contributed by atoms with Crippen molar-refractivity contribution in [1.29, 1.82) is 0 Å². The van der Waals surface area contributed by atoms with Crippen molar-refractivity contribution in [3.63, 3.8) is 0 Å². The van der Waals surface area contributed by atoms with Gasteiger partial charge >= 0.3 is 5.69 Å². The van der Waals surface area contributed by atoms with Gasteiger partial charge in [0.25, 0.3) is 5.56 Å². The Bertz CT molecular complexity index is 1080. The summed E-state index contributed by atoms with van der Waals surface area (Å²) in [7, 11) is 0. The topological polar surface area (TPSA) is 162 Å². The van der Waals surface area contributed by atoms with Gasteiger partial charge < -0.3 is 25.0 Å². The lowest BCUT2D eigenvalue weighted by atomic mass is 10.1. The SMILES string of the molecule is Cc1cc2nc3c(=O)[nH]c(=O)nc-3n(C[C@H](O)[C@H](O)[C@H](O)CO)c2cc1I. The number of aryl methyl sites for hydroxylation is 1. The Labute approximate surface area is 165 Å². The summed E-state index contributed by atoms with van der Waals surface area (Å²) in [5, 5.41) is 38.8. The fourth-order valence-corrected chi connectivity index (χ4v) is 3.21. The second-order valence-corrected chi connectivity index (χ2v) is 7.33. The molecule has 2 aliphatic heterocycles. The van der Waals surface area contributed by atoms with E-state index in [9.17, 15) is 24.9 Å². The zero-order valence-electron chi connectivity index (χ0n) is 14.1. The van der Waals surface area contributed by atoms with Gasteiger partial charge in [-0.1, -0.05) is 0 Å². The second kappa shape index (κ2) is 7.59. The normalized spacial score (nSPS) is 15.2. The number of nitrogens with zero attached hydrogens (tertiary/aromatic N) is 3. The van der Waals surface area contributed by atoms with Gasteiger partial charge in [0, 0.05) is 3.57 Å². The standard InChI is InChI=1S/C16H17IN4O6/c1-6-2-8-9(3-7(6)17)21(4-10(23)13(25)11(24)5-22)14-12(18-8)15(26)20-16(27)19-14/h2-3,10-11,13,22-25H,4-5H2,1H3,(H,20,26,27)/t10-,11+,13-/m0/s1. The van der Waals surface area contributed by atoms with Crippen molar-refractivity contribution in [3.05, 3.63) is 42.1 Å². The monoisotopic (exact) mass is 488 g/mol. The molecule has 3 rings (SSSR count). The molecule has 0 unspecified atom stereocenters. The zero-order valence-corrected chi connectivity index (χ0v) is 16.3. The van der Waals surface area contributed by atoms with Gasteiger partial charge in [-0.25, -0.2) is 9.78 Å². The maximum absolute atomic E-state index is 12.2. The van der Waals surface area contributed by atoms with Crippen LogP contribution in [0.2, 0.25) is 0 Å². The van der Waals surface area contributed by atoms with Crippen molar-refractivity contribution in [2.75, 3.05) is 6.61 Å². The summed E-state index contributed by atoms with van der Waals surface area (Å²) in [6, 6.07) is 3.51. The number of H-pyrrole nitrogens is 1. The maximum atomic E-state index is 12.2. The van der Waals surface area contributed by atoms with Crippen LogP contribution in [0.25, 0.3) is 22.6 Å². The smallest absolute Gasteiger partial charge is 0.349 e. The first-order valence-corrected chi connectivity index (χ1v) is 9.06. The summed E-state index contributed by atoms with van der Waals surface area (Å²) in [5.41, 5.74) is 0.169. The van der Waals surface area contributed by atoms with Crippen LogP contribution in [-0.4, -0.2) is 64.9 Å². The van der Waals surface area contributed by atoms with E-state index in [1.165, 1.54) is 4.57 Å². The summed E-state index contributed by atoms with van der Waals surface area (Å²) < 4.78 is 2.28. The Hall–Kier alpha value is -1.93. The number of aliphatic hydroxyl groups excluding tert-OH is 4. The fraction of sp³-hybridized carbons (Fsp3) is 0.375. The second-order valence-electron chi connectivity index (χ2n) is 6.16. The molecule has 0 amide bonds. The fourth-order valence-electron chi connectivity index (χ4n) is 2.76. The molecule has 5 N–H and O–H groups in total. The van der Waals surface area contributed by atoms with E-state index in [2.05, 4.69) is 37.5 Å². The van der Waals surface area contributed by atoms with E-state index in [0.29, 0.717) is 11.0 Å². The first-order valence-electron chi connectivity index (χ1n) is 7.98. The van der Waals surface area contributed by atoms with E-state index in [1.54, 1.807) is 12.1 Å². The molecule has 0 fully saturated rings.